The second-order valence-corrected chi connectivity index (χ2v) is 16.7. The Morgan fingerprint density at radius 3 is 1.08 bits per heavy atom. The van der Waals surface area contributed by atoms with Crippen LogP contribution in [-0.2, 0) is 28.6 Å². The van der Waals surface area contributed by atoms with Gasteiger partial charge in [0.1, 0.15) is 13.2 Å². The van der Waals surface area contributed by atoms with Gasteiger partial charge in [-0.15, -0.1) is 0 Å². The third kappa shape index (κ3) is 47.7. The number of rotatable bonds is 45. The molecule has 0 aliphatic rings. The number of allylic oxidation sites excluding steroid dienone is 12. The molecule has 0 spiro atoms. The normalized spacial score (nSPS) is 12.6. The molecule has 0 aliphatic carbocycles. The maximum atomic E-state index is 12.8. The number of unbranched alkanes of at least 4 members (excludes halogenated alkanes) is 22. The van der Waals surface area contributed by atoms with E-state index >= 15 is 0 Å². The Morgan fingerprint density at radius 2 is 0.656 bits per heavy atom. The highest BCUT2D eigenvalue weighted by atomic mass is 16.6. The molecule has 0 aromatic rings. The van der Waals surface area contributed by atoms with E-state index in [-0.39, 0.29) is 37.5 Å². The van der Waals surface area contributed by atoms with Gasteiger partial charge in [-0.05, 0) is 83.5 Å². The highest BCUT2D eigenvalue weighted by Crippen LogP contribution is 2.14. The number of carbonyl (C=O) groups is 3. The van der Waals surface area contributed by atoms with Crippen molar-refractivity contribution in [2.45, 2.75) is 245 Å². The summed E-state index contributed by atoms with van der Waals surface area (Å²) in [5, 5.41) is 0. The lowest BCUT2D eigenvalue weighted by Gasteiger charge is -2.18. The van der Waals surface area contributed by atoms with Gasteiger partial charge < -0.3 is 14.2 Å². The Kier molecular flexibility index (Phi) is 46.9. The van der Waals surface area contributed by atoms with Crippen molar-refractivity contribution in [1.29, 1.82) is 0 Å². The minimum atomic E-state index is -0.799. The summed E-state index contributed by atoms with van der Waals surface area (Å²) < 4.78 is 16.7. The molecule has 0 bridgehead atoms. The van der Waals surface area contributed by atoms with Crippen LogP contribution in [0.4, 0.5) is 0 Å². The van der Waals surface area contributed by atoms with E-state index in [9.17, 15) is 14.4 Å². The third-order valence-electron chi connectivity index (χ3n) is 10.7. The lowest BCUT2D eigenvalue weighted by molar-refractivity contribution is -0.167. The summed E-state index contributed by atoms with van der Waals surface area (Å²) >= 11 is 0. The molecule has 0 amide bonds. The second-order valence-electron chi connectivity index (χ2n) is 16.7. The van der Waals surface area contributed by atoms with Crippen molar-refractivity contribution in [1.82, 2.24) is 0 Å². The van der Waals surface area contributed by atoms with Crippen LogP contribution in [0.3, 0.4) is 0 Å². The number of carbonyl (C=O) groups excluding carboxylic acids is 3. The first-order valence-electron chi connectivity index (χ1n) is 25.4. The zero-order valence-corrected chi connectivity index (χ0v) is 39.9. The molecule has 0 aliphatic heterocycles. The Bertz CT molecular complexity index is 1160. The van der Waals surface area contributed by atoms with Crippen LogP contribution in [-0.4, -0.2) is 37.2 Å². The standard InChI is InChI=1S/C55H94O6/c1-4-7-10-13-16-19-22-24-26-27-29-30-33-36-39-42-45-48-54(57)60-51-52(50-59-53(56)47-44-41-38-35-32-21-18-15-12-9-6-3)61-55(58)49-46-43-40-37-34-31-28-25-23-20-17-14-11-8-5-2/h7,10,16,19,24-26,28-30,36,39,52H,4-6,8-9,11-15,17-18,20-23,27,31-35,37-38,40-51H2,1-3H3/b10-7-,19-16-,26-24-,28-25-,30-29-,39-36-. The maximum absolute atomic E-state index is 12.8. The zero-order valence-electron chi connectivity index (χ0n) is 39.9. The first kappa shape index (κ1) is 57.9. The van der Waals surface area contributed by atoms with E-state index in [0.29, 0.717) is 19.3 Å². The van der Waals surface area contributed by atoms with Crippen LogP contribution in [0.1, 0.15) is 239 Å². The van der Waals surface area contributed by atoms with Gasteiger partial charge in [-0.1, -0.05) is 209 Å². The van der Waals surface area contributed by atoms with E-state index in [1.807, 2.05) is 0 Å². The van der Waals surface area contributed by atoms with Gasteiger partial charge in [-0.2, -0.15) is 0 Å². The Labute approximate surface area is 376 Å². The Morgan fingerprint density at radius 1 is 0.344 bits per heavy atom. The smallest absolute Gasteiger partial charge is 0.306 e. The zero-order chi connectivity index (χ0) is 44.4. The Hall–Kier alpha value is -3.15. The first-order valence-corrected chi connectivity index (χ1v) is 25.4. The summed E-state index contributed by atoms with van der Waals surface area (Å²) in [6.45, 7) is 6.45. The van der Waals surface area contributed by atoms with Gasteiger partial charge in [0.15, 0.2) is 6.10 Å². The molecule has 0 saturated carbocycles. The minimum absolute atomic E-state index is 0.0949. The number of esters is 3. The van der Waals surface area contributed by atoms with Gasteiger partial charge in [0.25, 0.3) is 0 Å². The SMILES string of the molecule is CC/C=C\C/C=C\C/C=C\C/C=C\C/C=C\CCCC(=O)OCC(COC(=O)CCCCCCCCCCCCC)OC(=O)CCCCCCC/C=C\CCCCCCCC. The van der Waals surface area contributed by atoms with E-state index in [2.05, 4.69) is 93.7 Å². The second kappa shape index (κ2) is 49.5. The predicted octanol–water partition coefficient (Wildman–Crippen LogP) is 16.6. The molecule has 6 nitrogen and oxygen atoms in total. The topological polar surface area (TPSA) is 78.9 Å². The fourth-order valence-corrected chi connectivity index (χ4v) is 6.88. The third-order valence-corrected chi connectivity index (χ3v) is 10.7. The summed E-state index contributed by atoms with van der Waals surface area (Å²) in [6.07, 6.45) is 61.7. The first-order chi connectivity index (χ1) is 30.0. The molecule has 61 heavy (non-hydrogen) atoms. The fourth-order valence-electron chi connectivity index (χ4n) is 6.88. The van der Waals surface area contributed by atoms with Gasteiger partial charge in [-0.25, -0.2) is 0 Å². The largest absolute Gasteiger partial charge is 0.462 e. The predicted molar refractivity (Wildman–Crippen MR) is 261 cm³/mol. The van der Waals surface area contributed by atoms with Gasteiger partial charge in [0.2, 0.25) is 0 Å². The van der Waals surface area contributed by atoms with Crippen molar-refractivity contribution in [2.75, 3.05) is 13.2 Å². The quantitative estimate of drug-likeness (QED) is 0.0263. The molecule has 0 rings (SSSR count). The molecule has 0 fully saturated rings. The molecule has 0 saturated heterocycles. The van der Waals surface area contributed by atoms with Gasteiger partial charge in [0.05, 0.1) is 0 Å². The number of ether oxygens (including phenoxy) is 3. The molecule has 0 aromatic heterocycles. The average Bonchev–Trinajstić information content (AvgIpc) is 3.26. The van der Waals surface area contributed by atoms with Crippen LogP contribution in [0.25, 0.3) is 0 Å². The molecule has 0 N–H and O–H groups in total. The van der Waals surface area contributed by atoms with E-state index in [1.54, 1.807) is 0 Å². The van der Waals surface area contributed by atoms with E-state index in [1.165, 1.54) is 103 Å². The summed E-state index contributed by atoms with van der Waals surface area (Å²) in [4.78, 5) is 37.9. The van der Waals surface area contributed by atoms with Gasteiger partial charge >= 0.3 is 17.9 Å². The van der Waals surface area contributed by atoms with Crippen molar-refractivity contribution in [3.63, 3.8) is 0 Å². The molecule has 1 unspecified atom stereocenters. The van der Waals surface area contributed by atoms with Crippen molar-refractivity contribution in [3.05, 3.63) is 72.9 Å². The van der Waals surface area contributed by atoms with Crippen LogP contribution < -0.4 is 0 Å². The molecule has 0 radical (unpaired) electrons. The molecule has 0 aromatic carbocycles. The van der Waals surface area contributed by atoms with Crippen molar-refractivity contribution < 1.29 is 28.6 Å². The van der Waals surface area contributed by atoms with E-state index < -0.39 is 6.10 Å². The summed E-state index contributed by atoms with van der Waals surface area (Å²) in [7, 11) is 0. The van der Waals surface area contributed by atoms with Crippen molar-refractivity contribution in [2.24, 2.45) is 0 Å². The summed E-state index contributed by atoms with van der Waals surface area (Å²) in [5.74, 6) is -0.964. The van der Waals surface area contributed by atoms with Gasteiger partial charge in [-0.3, -0.25) is 14.4 Å². The molecular weight excluding hydrogens is 757 g/mol. The molecule has 1 atom stereocenters. The molecular formula is C55H94O6. The average molecular weight is 851 g/mol. The van der Waals surface area contributed by atoms with E-state index in [4.69, 9.17) is 14.2 Å². The van der Waals surface area contributed by atoms with Crippen molar-refractivity contribution >= 4 is 17.9 Å². The van der Waals surface area contributed by atoms with E-state index in [0.717, 1.165) is 89.9 Å². The lowest BCUT2D eigenvalue weighted by atomic mass is 10.1. The van der Waals surface area contributed by atoms with Gasteiger partial charge in [0, 0.05) is 19.3 Å². The maximum Gasteiger partial charge on any atom is 0.306 e. The van der Waals surface area contributed by atoms with Crippen LogP contribution in [0.15, 0.2) is 72.9 Å². The lowest BCUT2D eigenvalue weighted by Crippen LogP contribution is -2.30. The highest BCUT2D eigenvalue weighted by Gasteiger charge is 2.19. The van der Waals surface area contributed by atoms with Crippen LogP contribution >= 0.6 is 0 Å². The minimum Gasteiger partial charge on any atom is -0.462 e. The molecule has 350 valence electrons. The molecule has 0 heterocycles. The Balaban J connectivity index is 4.47. The summed E-state index contributed by atoms with van der Waals surface area (Å²) in [5.41, 5.74) is 0. The fraction of sp³-hybridized carbons (Fsp3) is 0.727. The molecule has 6 heteroatoms. The monoisotopic (exact) mass is 851 g/mol. The number of hydrogen-bond donors (Lipinski definition) is 0. The number of hydrogen-bond acceptors (Lipinski definition) is 6. The van der Waals surface area contributed by atoms with Crippen LogP contribution in [0.5, 0.6) is 0 Å². The van der Waals surface area contributed by atoms with Crippen LogP contribution in [0, 0.1) is 0 Å². The van der Waals surface area contributed by atoms with Crippen molar-refractivity contribution in [3.8, 4) is 0 Å². The highest BCUT2D eigenvalue weighted by molar-refractivity contribution is 5.71. The summed E-state index contributed by atoms with van der Waals surface area (Å²) in [6, 6.07) is 0. The van der Waals surface area contributed by atoms with Crippen LogP contribution in [0.2, 0.25) is 0 Å².